The number of carbonyl (C=O) groups excluding carboxylic acids is 2. The van der Waals surface area contributed by atoms with Crippen LogP contribution in [0.15, 0.2) is 54.6 Å². The van der Waals surface area contributed by atoms with Crippen molar-refractivity contribution in [1.82, 2.24) is 4.90 Å². The molecule has 1 saturated heterocycles. The van der Waals surface area contributed by atoms with Gasteiger partial charge in [0.15, 0.2) is 9.84 Å². The summed E-state index contributed by atoms with van der Waals surface area (Å²) >= 11 is 0. The Morgan fingerprint density at radius 3 is 2.28 bits per heavy atom. The van der Waals surface area contributed by atoms with Gasteiger partial charge in [-0.05, 0) is 23.1 Å². The third-order valence-electron chi connectivity index (χ3n) is 5.33. The molecule has 0 N–H and O–H groups in total. The van der Waals surface area contributed by atoms with Gasteiger partial charge < -0.3 is 14.4 Å². The zero-order valence-corrected chi connectivity index (χ0v) is 18.9. The molecular weight excluding hydrogens is 430 g/mol. The molecule has 7 nitrogen and oxygen atoms in total. The second-order valence-electron chi connectivity index (χ2n) is 7.75. The van der Waals surface area contributed by atoms with Crippen LogP contribution < -0.4 is 0 Å². The monoisotopic (exact) mass is 459 g/mol. The SMILES string of the molecule is O=C(CCc1ccccc1CS(=O)(=O)CCC(=O)N1CCOCC1)OCc1ccccc1. The molecule has 0 saturated carbocycles. The van der Waals surface area contributed by atoms with Crippen molar-refractivity contribution >= 4 is 21.7 Å². The zero-order chi connectivity index (χ0) is 22.8. The number of amides is 1. The first kappa shape index (κ1) is 23.9. The molecule has 0 aliphatic carbocycles. The molecule has 1 heterocycles. The number of esters is 1. The van der Waals surface area contributed by atoms with Crippen molar-refractivity contribution in [2.45, 2.75) is 31.6 Å². The molecule has 0 aromatic heterocycles. The van der Waals surface area contributed by atoms with Crippen LogP contribution in [0, 0.1) is 0 Å². The molecule has 0 atom stereocenters. The van der Waals surface area contributed by atoms with E-state index in [2.05, 4.69) is 0 Å². The largest absolute Gasteiger partial charge is 0.461 e. The lowest BCUT2D eigenvalue weighted by atomic mass is 10.0. The van der Waals surface area contributed by atoms with Gasteiger partial charge >= 0.3 is 5.97 Å². The van der Waals surface area contributed by atoms with Crippen molar-refractivity contribution in [3.05, 3.63) is 71.3 Å². The predicted octanol–water partition coefficient (Wildman–Crippen LogP) is 2.53. The Morgan fingerprint density at radius 2 is 1.56 bits per heavy atom. The van der Waals surface area contributed by atoms with E-state index in [1.807, 2.05) is 42.5 Å². The normalized spacial score (nSPS) is 14.2. The van der Waals surface area contributed by atoms with E-state index >= 15 is 0 Å². The smallest absolute Gasteiger partial charge is 0.306 e. The molecule has 0 radical (unpaired) electrons. The molecule has 172 valence electrons. The highest BCUT2D eigenvalue weighted by molar-refractivity contribution is 7.90. The Hall–Kier alpha value is -2.71. The van der Waals surface area contributed by atoms with Crippen LogP contribution in [0.5, 0.6) is 0 Å². The molecule has 2 aromatic rings. The van der Waals surface area contributed by atoms with Gasteiger partial charge in [0.2, 0.25) is 5.91 Å². The summed E-state index contributed by atoms with van der Waals surface area (Å²) in [5.74, 6) is -0.844. The minimum absolute atomic E-state index is 0.0314. The van der Waals surface area contributed by atoms with E-state index in [-0.39, 0.29) is 42.8 Å². The van der Waals surface area contributed by atoms with Crippen LogP contribution in [0.25, 0.3) is 0 Å². The topological polar surface area (TPSA) is 90.0 Å². The number of morpholine rings is 1. The minimum atomic E-state index is -3.47. The van der Waals surface area contributed by atoms with E-state index < -0.39 is 9.84 Å². The Morgan fingerprint density at radius 1 is 0.906 bits per heavy atom. The van der Waals surface area contributed by atoms with E-state index in [4.69, 9.17) is 9.47 Å². The fourth-order valence-electron chi connectivity index (χ4n) is 3.51. The number of aryl methyl sites for hydroxylation is 1. The van der Waals surface area contributed by atoms with Gasteiger partial charge in [-0.2, -0.15) is 0 Å². The third kappa shape index (κ3) is 7.76. The summed E-state index contributed by atoms with van der Waals surface area (Å²) < 4.78 is 35.8. The number of benzene rings is 2. The second-order valence-corrected chi connectivity index (χ2v) is 9.93. The molecule has 0 unspecified atom stereocenters. The Bertz CT molecular complexity index is 1000. The number of ether oxygens (including phenoxy) is 2. The minimum Gasteiger partial charge on any atom is -0.461 e. The van der Waals surface area contributed by atoms with Crippen LogP contribution in [-0.4, -0.2) is 57.3 Å². The highest BCUT2D eigenvalue weighted by atomic mass is 32.2. The summed E-state index contributed by atoms with van der Waals surface area (Å²) in [6, 6.07) is 16.6. The van der Waals surface area contributed by atoms with Gasteiger partial charge in [-0.1, -0.05) is 54.6 Å². The van der Waals surface area contributed by atoms with Crippen LogP contribution in [-0.2, 0) is 47.7 Å². The molecule has 1 fully saturated rings. The first-order chi connectivity index (χ1) is 15.4. The summed E-state index contributed by atoms with van der Waals surface area (Å²) in [5.41, 5.74) is 2.37. The predicted molar refractivity (Wildman–Crippen MR) is 121 cm³/mol. The number of hydrogen-bond donors (Lipinski definition) is 0. The maximum atomic E-state index is 12.6. The van der Waals surface area contributed by atoms with Crippen LogP contribution in [0.2, 0.25) is 0 Å². The molecule has 0 spiro atoms. The van der Waals surface area contributed by atoms with Crippen molar-refractivity contribution in [3.63, 3.8) is 0 Å². The Balaban J connectivity index is 1.50. The summed E-state index contributed by atoms with van der Waals surface area (Å²) in [7, 11) is -3.47. The van der Waals surface area contributed by atoms with E-state index in [1.54, 1.807) is 17.0 Å². The fourth-order valence-corrected chi connectivity index (χ4v) is 4.90. The van der Waals surface area contributed by atoms with Crippen LogP contribution >= 0.6 is 0 Å². The highest BCUT2D eigenvalue weighted by Gasteiger charge is 2.21. The number of nitrogens with zero attached hydrogens (tertiary/aromatic N) is 1. The summed E-state index contributed by atoms with van der Waals surface area (Å²) in [6.45, 7) is 2.19. The molecule has 0 bridgehead atoms. The van der Waals surface area contributed by atoms with Gasteiger partial charge in [0.25, 0.3) is 0 Å². The number of hydrogen-bond acceptors (Lipinski definition) is 6. The first-order valence-electron chi connectivity index (χ1n) is 10.8. The van der Waals surface area contributed by atoms with E-state index in [0.717, 1.165) is 11.1 Å². The number of carbonyl (C=O) groups is 2. The molecule has 1 aliphatic rings. The van der Waals surface area contributed by atoms with Crippen molar-refractivity contribution in [1.29, 1.82) is 0 Å². The maximum Gasteiger partial charge on any atom is 0.306 e. The average molecular weight is 460 g/mol. The van der Waals surface area contributed by atoms with E-state index in [9.17, 15) is 18.0 Å². The van der Waals surface area contributed by atoms with Gasteiger partial charge in [0, 0.05) is 25.9 Å². The average Bonchev–Trinajstić information content (AvgIpc) is 2.82. The zero-order valence-electron chi connectivity index (χ0n) is 18.1. The van der Waals surface area contributed by atoms with Crippen LogP contribution in [0.4, 0.5) is 0 Å². The van der Waals surface area contributed by atoms with Gasteiger partial charge in [0.05, 0.1) is 24.7 Å². The summed E-state index contributed by atoms with van der Waals surface area (Å²) in [5, 5.41) is 0. The maximum absolute atomic E-state index is 12.6. The molecule has 2 aromatic carbocycles. The Kier molecular flexibility index (Phi) is 8.81. The lowest BCUT2D eigenvalue weighted by Gasteiger charge is -2.26. The van der Waals surface area contributed by atoms with Gasteiger partial charge in [-0.3, -0.25) is 9.59 Å². The Labute approximate surface area is 189 Å². The standard InChI is InChI=1S/C24H29NO6S/c26-23(25-13-15-30-16-14-25)12-17-32(28,29)19-22-9-5-4-8-21(22)10-11-24(27)31-18-20-6-2-1-3-7-20/h1-9H,10-19H2. The van der Waals surface area contributed by atoms with Crippen molar-refractivity contribution < 1.29 is 27.5 Å². The van der Waals surface area contributed by atoms with Gasteiger partial charge in [0.1, 0.15) is 6.61 Å². The molecule has 1 amide bonds. The van der Waals surface area contributed by atoms with Crippen LogP contribution in [0.3, 0.4) is 0 Å². The summed E-state index contributed by atoms with van der Waals surface area (Å²) in [6.07, 6.45) is 0.530. The molecule has 8 heteroatoms. The molecule has 1 aliphatic heterocycles. The van der Waals surface area contributed by atoms with Crippen LogP contribution in [0.1, 0.15) is 29.5 Å². The molecular formula is C24H29NO6S. The van der Waals surface area contributed by atoms with E-state index in [1.165, 1.54) is 0 Å². The molecule has 3 rings (SSSR count). The van der Waals surface area contributed by atoms with Crippen molar-refractivity contribution in [3.8, 4) is 0 Å². The molecule has 32 heavy (non-hydrogen) atoms. The van der Waals surface area contributed by atoms with Crippen molar-refractivity contribution in [2.24, 2.45) is 0 Å². The highest BCUT2D eigenvalue weighted by Crippen LogP contribution is 2.16. The summed E-state index contributed by atoms with van der Waals surface area (Å²) in [4.78, 5) is 26.0. The van der Waals surface area contributed by atoms with E-state index in [0.29, 0.717) is 38.3 Å². The number of sulfone groups is 1. The lowest BCUT2D eigenvalue weighted by Crippen LogP contribution is -2.41. The second kappa shape index (κ2) is 11.8. The first-order valence-corrected chi connectivity index (χ1v) is 12.6. The lowest BCUT2D eigenvalue weighted by molar-refractivity contribution is -0.144. The number of rotatable bonds is 10. The van der Waals surface area contributed by atoms with Gasteiger partial charge in [-0.15, -0.1) is 0 Å². The van der Waals surface area contributed by atoms with Crippen molar-refractivity contribution in [2.75, 3.05) is 32.1 Å². The fraction of sp³-hybridized carbons (Fsp3) is 0.417. The van der Waals surface area contributed by atoms with Gasteiger partial charge in [-0.25, -0.2) is 8.42 Å². The third-order valence-corrected chi connectivity index (χ3v) is 6.90. The quantitative estimate of drug-likeness (QED) is 0.507.